The fourth-order valence-corrected chi connectivity index (χ4v) is 2.68. The molecule has 2 aromatic rings. The summed E-state index contributed by atoms with van der Waals surface area (Å²) < 4.78 is 13.1. The third-order valence-electron chi connectivity index (χ3n) is 3.66. The number of hydrogen-bond acceptors (Lipinski definition) is 4. The van der Waals surface area contributed by atoms with Gasteiger partial charge in [-0.05, 0) is 17.7 Å². The van der Waals surface area contributed by atoms with Gasteiger partial charge in [0, 0.05) is 11.0 Å². The molecule has 0 saturated carbocycles. The van der Waals surface area contributed by atoms with Crippen molar-refractivity contribution in [2.75, 3.05) is 5.73 Å². The number of rotatable bonds is 1. The second-order valence-corrected chi connectivity index (χ2v) is 6.40. The average Bonchev–Trinajstić information content (AvgIpc) is 2.75. The summed E-state index contributed by atoms with van der Waals surface area (Å²) in [6.45, 7) is 6.00. The van der Waals surface area contributed by atoms with Crippen molar-refractivity contribution in [2.24, 2.45) is 0 Å². The highest BCUT2D eigenvalue weighted by atomic mass is 19.1. The van der Waals surface area contributed by atoms with E-state index in [0.29, 0.717) is 5.69 Å². The van der Waals surface area contributed by atoms with Gasteiger partial charge in [0.25, 0.3) is 5.91 Å². The van der Waals surface area contributed by atoms with Crippen LogP contribution in [0.25, 0.3) is 0 Å². The van der Waals surface area contributed by atoms with Crippen molar-refractivity contribution in [1.82, 2.24) is 15.3 Å². The van der Waals surface area contributed by atoms with Gasteiger partial charge in [0.05, 0.1) is 11.7 Å². The summed E-state index contributed by atoms with van der Waals surface area (Å²) in [6.07, 6.45) is 0. The van der Waals surface area contributed by atoms with E-state index in [1.54, 1.807) is 12.1 Å². The van der Waals surface area contributed by atoms with Crippen LogP contribution in [0.3, 0.4) is 0 Å². The summed E-state index contributed by atoms with van der Waals surface area (Å²) in [5.41, 5.74) is 7.97. The number of benzene rings is 1. The number of halogens is 1. The van der Waals surface area contributed by atoms with Gasteiger partial charge in [0.1, 0.15) is 11.5 Å². The maximum Gasteiger partial charge on any atom is 0.271 e. The Balaban J connectivity index is 2.22. The highest BCUT2D eigenvalue weighted by molar-refractivity contribution is 5.98. The van der Waals surface area contributed by atoms with E-state index in [2.05, 4.69) is 15.3 Å². The normalized spacial score (nSPS) is 17.3. The molecule has 22 heavy (non-hydrogen) atoms. The van der Waals surface area contributed by atoms with Gasteiger partial charge in [-0.1, -0.05) is 32.9 Å². The SMILES string of the molecule is CC(C)(C)c1nc(N)nc2c1C(c1ccc(F)cc1)NC2=O. The molecule has 1 aliphatic rings. The lowest BCUT2D eigenvalue weighted by molar-refractivity contribution is 0.0956. The smallest absolute Gasteiger partial charge is 0.271 e. The molecule has 0 spiro atoms. The molecule has 1 aliphatic heterocycles. The zero-order chi connectivity index (χ0) is 16.1. The Bertz CT molecular complexity index is 750. The van der Waals surface area contributed by atoms with Crippen LogP contribution in [-0.2, 0) is 5.41 Å². The minimum Gasteiger partial charge on any atom is -0.368 e. The van der Waals surface area contributed by atoms with Gasteiger partial charge >= 0.3 is 0 Å². The standard InChI is InChI=1S/C16H17FN4O/c1-16(2,3)13-10-11(8-4-6-9(17)7-5-8)19-14(22)12(10)20-15(18)21-13/h4-7,11H,1-3H3,(H,19,22)(H2,18,20,21). The van der Waals surface area contributed by atoms with Crippen LogP contribution in [0.5, 0.6) is 0 Å². The summed E-state index contributed by atoms with van der Waals surface area (Å²) in [6, 6.07) is 5.65. The van der Waals surface area contributed by atoms with Gasteiger partial charge in [-0.2, -0.15) is 0 Å². The quantitative estimate of drug-likeness (QED) is 0.847. The second kappa shape index (κ2) is 4.76. The van der Waals surface area contributed by atoms with Crippen molar-refractivity contribution < 1.29 is 9.18 Å². The molecule has 0 bridgehead atoms. The van der Waals surface area contributed by atoms with Crippen molar-refractivity contribution in [3.8, 4) is 0 Å². The number of carbonyl (C=O) groups excluding carboxylic acids is 1. The molecule has 0 radical (unpaired) electrons. The Kier molecular flexibility index (Phi) is 3.12. The molecule has 2 heterocycles. The van der Waals surface area contributed by atoms with Gasteiger partial charge in [-0.3, -0.25) is 4.79 Å². The summed E-state index contributed by atoms with van der Waals surface area (Å²) >= 11 is 0. The first-order chi connectivity index (χ1) is 10.3. The molecular formula is C16H17FN4O. The Morgan fingerprint density at radius 2 is 1.82 bits per heavy atom. The fraction of sp³-hybridized carbons (Fsp3) is 0.312. The van der Waals surface area contributed by atoms with Crippen molar-refractivity contribution in [2.45, 2.75) is 32.2 Å². The van der Waals surface area contributed by atoms with E-state index in [1.165, 1.54) is 12.1 Å². The van der Waals surface area contributed by atoms with E-state index < -0.39 is 6.04 Å². The van der Waals surface area contributed by atoms with Gasteiger partial charge < -0.3 is 11.1 Å². The summed E-state index contributed by atoms with van der Waals surface area (Å²) in [7, 11) is 0. The number of carbonyl (C=O) groups is 1. The van der Waals surface area contributed by atoms with Crippen LogP contribution in [0.15, 0.2) is 24.3 Å². The van der Waals surface area contributed by atoms with E-state index >= 15 is 0 Å². The minimum absolute atomic E-state index is 0.0820. The summed E-state index contributed by atoms with van der Waals surface area (Å²) in [4.78, 5) is 20.6. The molecule has 1 aromatic carbocycles. The highest BCUT2D eigenvalue weighted by Crippen LogP contribution is 2.37. The van der Waals surface area contributed by atoms with Crippen molar-refractivity contribution in [1.29, 1.82) is 0 Å². The molecule has 5 nitrogen and oxygen atoms in total. The van der Waals surface area contributed by atoms with E-state index in [4.69, 9.17) is 5.73 Å². The lowest BCUT2D eigenvalue weighted by Gasteiger charge is -2.23. The third kappa shape index (κ3) is 2.30. The number of hydrogen-bond donors (Lipinski definition) is 2. The van der Waals surface area contributed by atoms with E-state index in [1.807, 2.05) is 20.8 Å². The molecule has 0 fully saturated rings. The van der Waals surface area contributed by atoms with Crippen LogP contribution in [0.1, 0.15) is 54.1 Å². The first-order valence-electron chi connectivity index (χ1n) is 7.01. The van der Waals surface area contributed by atoms with Crippen LogP contribution in [-0.4, -0.2) is 15.9 Å². The second-order valence-electron chi connectivity index (χ2n) is 6.40. The Morgan fingerprint density at radius 1 is 1.18 bits per heavy atom. The number of nitrogen functional groups attached to an aromatic ring is 1. The van der Waals surface area contributed by atoms with Crippen LogP contribution >= 0.6 is 0 Å². The molecule has 1 aromatic heterocycles. The molecule has 114 valence electrons. The lowest BCUT2D eigenvalue weighted by Crippen LogP contribution is -2.22. The summed E-state index contributed by atoms with van der Waals surface area (Å²) in [5.74, 6) is -0.527. The number of amides is 1. The predicted molar refractivity (Wildman–Crippen MR) is 80.9 cm³/mol. The highest BCUT2D eigenvalue weighted by Gasteiger charge is 2.37. The number of aromatic nitrogens is 2. The van der Waals surface area contributed by atoms with E-state index in [0.717, 1.165) is 16.8 Å². The van der Waals surface area contributed by atoms with Gasteiger partial charge in [-0.25, -0.2) is 14.4 Å². The number of anilines is 1. The fourth-order valence-electron chi connectivity index (χ4n) is 2.68. The Hall–Kier alpha value is -2.50. The average molecular weight is 300 g/mol. The van der Waals surface area contributed by atoms with Crippen LogP contribution in [0, 0.1) is 5.82 Å². The maximum atomic E-state index is 13.1. The predicted octanol–water partition coefficient (Wildman–Crippen LogP) is 2.33. The maximum absolute atomic E-state index is 13.1. The first kappa shape index (κ1) is 14.4. The Morgan fingerprint density at radius 3 is 2.41 bits per heavy atom. The molecule has 3 rings (SSSR count). The topological polar surface area (TPSA) is 80.9 Å². The molecule has 0 aliphatic carbocycles. The van der Waals surface area contributed by atoms with Crippen molar-refractivity contribution in [3.63, 3.8) is 0 Å². The molecule has 1 atom stereocenters. The van der Waals surface area contributed by atoms with Gasteiger partial charge in [0.15, 0.2) is 0 Å². The van der Waals surface area contributed by atoms with Gasteiger partial charge in [0.2, 0.25) is 5.95 Å². The lowest BCUT2D eigenvalue weighted by atomic mass is 9.85. The number of fused-ring (bicyclic) bond motifs is 1. The van der Waals surface area contributed by atoms with Crippen LogP contribution in [0.4, 0.5) is 10.3 Å². The molecule has 0 saturated heterocycles. The number of nitrogens with one attached hydrogen (secondary N) is 1. The molecule has 6 heteroatoms. The zero-order valence-electron chi connectivity index (χ0n) is 12.6. The Labute approximate surface area is 127 Å². The zero-order valence-corrected chi connectivity index (χ0v) is 12.6. The first-order valence-corrected chi connectivity index (χ1v) is 7.01. The van der Waals surface area contributed by atoms with Crippen LogP contribution in [0.2, 0.25) is 0 Å². The van der Waals surface area contributed by atoms with Gasteiger partial charge in [-0.15, -0.1) is 0 Å². The number of nitrogens with two attached hydrogens (primary N) is 1. The molecular weight excluding hydrogens is 283 g/mol. The third-order valence-corrected chi connectivity index (χ3v) is 3.66. The van der Waals surface area contributed by atoms with Crippen molar-refractivity contribution in [3.05, 3.63) is 52.6 Å². The monoisotopic (exact) mass is 300 g/mol. The minimum atomic E-state index is -0.391. The molecule has 1 amide bonds. The van der Waals surface area contributed by atoms with E-state index in [9.17, 15) is 9.18 Å². The van der Waals surface area contributed by atoms with Crippen LogP contribution < -0.4 is 11.1 Å². The van der Waals surface area contributed by atoms with E-state index in [-0.39, 0.29) is 23.1 Å². The largest absolute Gasteiger partial charge is 0.368 e. The number of nitrogens with zero attached hydrogens (tertiary/aromatic N) is 2. The molecule has 1 unspecified atom stereocenters. The summed E-state index contributed by atoms with van der Waals surface area (Å²) in [5, 5.41) is 2.88. The van der Waals surface area contributed by atoms with Crippen molar-refractivity contribution >= 4 is 11.9 Å². The molecule has 3 N–H and O–H groups in total.